The maximum atomic E-state index is 5.68. The Balaban J connectivity index is 2.98. The number of hydrogen-bond acceptors (Lipinski definition) is 4. The summed E-state index contributed by atoms with van der Waals surface area (Å²) in [5.74, 6) is 0. The second kappa shape index (κ2) is 8.12. The lowest BCUT2D eigenvalue weighted by Gasteiger charge is -2.33. The average molecular weight is 280 g/mol. The van der Waals surface area contributed by atoms with Crippen LogP contribution in [-0.4, -0.2) is 39.8 Å². The van der Waals surface area contributed by atoms with E-state index in [1.165, 1.54) is 0 Å². The third-order valence-electron chi connectivity index (χ3n) is 3.55. The lowest BCUT2D eigenvalue weighted by molar-refractivity contribution is 0.0745. The van der Waals surface area contributed by atoms with Gasteiger partial charge in [-0.25, -0.2) is 0 Å². The summed E-state index contributed by atoms with van der Waals surface area (Å²) in [5, 5.41) is 0. The SMILES string of the molecule is CCOC(C)N(C)c1ccccc1N(C)C(C)OCC. The van der Waals surface area contributed by atoms with Crippen LogP contribution in [0.15, 0.2) is 24.3 Å². The summed E-state index contributed by atoms with van der Waals surface area (Å²) in [6, 6.07) is 8.32. The molecule has 0 aromatic heterocycles. The Morgan fingerprint density at radius 3 is 1.50 bits per heavy atom. The van der Waals surface area contributed by atoms with Crippen LogP contribution in [0.4, 0.5) is 11.4 Å². The number of rotatable bonds is 8. The Labute approximate surface area is 123 Å². The first-order chi connectivity index (χ1) is 9.52. The van der Waals surface area contributed by atoms with Gasteiger partial charge in [0.1, 0.15) is 12.5 Å². The molecule has 2 unspecified atom stereocenters. The van der Waals surface area contributed by atoms with E-state index in [0.29, 0.717) is 13.2 Å². The predicted molar refractivity (Wildman–Crippen MR) is 85.4 cm³/mol. The molecule has 114 valence electrons. The van der Waals surface area contributed by atoms with E-state index in [9.17, 15) is 0 Å². The largest absolute Gasteiger partial charge is 0.359 e. The molecule has 2 atom stereocenters. The van der Waals surface area contributed by atoms with Crippen LogP contribution in [0.5, 0.6) is 0 Å². The summed E-state index contributed by atoms with van der Waals surface area (Å²) in [6.07, 6.45) is 0.0777. The minimum Gasteiger partial charge on any atom is -0.359 e. The zero-order valence-corrected chi connectivity index (χ0v) is 13.6. The lowest BCUT2D eigenvalue weighted by Crippen LogP contribution is -2.36. The molecule has 0 aliphatic rings. The fourth-order valence-electron chi connectivity index (χ4n) is 2.16. The molecule has 0 saturated carbocycles. The summed E-state index contributed by atoms with van der Waals surface area (Å²) in [4.78, 5) is 4.29. The molecule has 1 rings (SSSR count). The first-order valence-corrected chi connectivity index (χ1v) is 7.30. The normalized spacial score (nSPS) is 13.9. The third kappa shape index (κ3) is 4.12. The molecule has 0 saturated heterocycles. The van der Waals surface area contributed by atoms with Gasteiger partial charge < -0.3 is 19.3 Å². The standard InChI is InChI=1S/C16H28N2O2/c1-7-19-13(3)17(5)15-11-9-10-12-16(15)18(6)14(4)20-8-2/h9-14H,7-8H2,1-6H3. The van der Waals surface area contributed by atoms with Crippen molar-refractivity contribution in [2.75, 3.05) is 37.1 Å². The van der Waals surface area contributed by atoms with Gasteiger partial charge in [0.25, 0.3) is 0 Å². The Morgan fingerprint density at radius 2 is 1.20 bits per heavy atom. The van der Waals surface area contributed by atoms with Crippen LogP contribution in [-0.2, 0) is 9.47 Å². The smallest absolute Gasteiger partial charge is 0.127 e. The van der Waals surface area contributed by atoms with Gasteiger partial charge in [-0.2, -0.15) is 0 Å². The van der Waals surface area contributed by atoms with E-state index in [1.54, 1.807) is 0 Å². The minimum atomic E-state index is 0.0388. The summed E-state index contributed by atoms with van der Waals surface area (Å²) in [7, 11) is 4.11. The van der Waals surface area contributed by atoms with E-state index in [1.807, 2.05) is 26.0 Å². The molecule has 0 bridgehead atoms. The van der Waals surface area contributed by atoms with Gasteiger partial charge in [0.05, 0.1) is 11.4 Å². The zero-order chi connectivity index (χ0) is 15.1. The second-order valence-corrected chi connectivity index (χ2v) is 4.82. The number of benzene rings is 1. The van der Waals surface area contributed by atoms with E-state index < -0.39 is 0 Å². The molecular weight excluding hydrogens is 252 g/mol. The van der Waals surface area contributed by atoms with Crippen LogP contribution < -0.4 is 9.80 Å². The van der Waals surface area contributed by atoms with Crippen LogP contribution in [0.2, 0.25) is 0 Å². The molecule has 1 aromatic rings. The van der Waals surface area contributed by atoms with Gasteiger partial charge in [-0.3, -0.25) is 0 Å². The van der Waals surface area contributed by atoms with E-state index in [2.05, 4.69) is 49.9 Å². The Morgan fingerprint density at radius 1 is 0.850 bits per heavy atom. The second-order valence-electron chi connectivity index (χ2n) is 4.82. The van der Waals surface area contributed by atoms with Crippen LogP contribution >= 0.6 is 0 Å². The van der Waals surface area contributed by atoms with Crippen molar-refractivity contribution in [1.29, 1.82) is 0 Å². The predicted octanol–water partition coefficient (Wildman–Crippen LogP) is 3.32. The van der Waals surface area contributed by atoms with Gasteiger partial charge in [0.15, 0.2) is 0 Å². The molecule has 0 aliphatic heterocycles. The molecule has 0 spiro atoms. The summed E-state index contributed by atoms with van der Waals surface area (Å²) in [6.45, 7) is 9.56. The fraction of sp³-hybridized carbons (Fsp3) is 0.625. The van der Waals surface area contributed by atoms with E-state index in [4.69, 9.17) is 9.47 Å². The Hall–Kier alpha value is -1.26. The van der Waals surface area contributed by atoms with Crippen molar-refractivity contribution in [3.8, 4) is 0 Å². The van der Waals surface area contributed by atoms with Gasteiger partial charge >= 0.3 is 0 Å². The molecule has 0 N–H and O–H groups in total. The highest BCUT2D eigenvalue weighted by atomic mass is 16.5. The van der Waals surface area contributed by atoms with Crippen molar-refractivity contribution in [3.63, 3.8) is 0 Å². The third-order valence-corrected chi connectivity index (χ3v) is 3.55. The highest BCUT2D eigenvalue weighted by Gasteiger charge is 2.18. The molecule has 0 radical (unpaired) electrons. The number of nitrogens with zero attached hydrogens (tertiary/aromatic N) is 2. The van der Waals surface area contributed by atoms with Crippen molar-refractivity contribution >= 4 is 11.4 Å². The maximum Gasteiger partial charge on any atom is 0.127 e. The van der Waals surface area contributed by atoms with Crippen molar-refractivity contribution in [1.82, 2.24) is 0 Å². The minimum absolute atomic E-state index is 0.0388. The van der Waals surface area contributed by atoms with Crippen LogP contribution in [0.3, 0.4) is 0 Å². The van der Waals surface area contributed by atoms with E-state index in [0.717, 1.165) is 11.4 Å². The number of hydrogen-bond donors (Lipinski definition) is 0. The number of anilines is 2. The van der Waals surface area contributed by atoms with Gasteiger partial charge in [-0.1, -0.05) is 12.1 Å². The van der Waals surface area contributed by atoms with Crippen LogP contribution in [0.25, 0.3) is 0 Å². The summed E-state index contributed by atoms with van der Waals surface area (Å²) in [5.41, 5.74) is 2.28. The molecule has 4 heteroatoms. The zero-order valence-electron chi connectivity index (χ0n) is 13.6. The van der Waals surface area contributed by atoms with Crippen molar-refractivity contribution in [2.24, 2.45) is 0 Å². The summed E-state index contributed by atoms with van der Waals surface area (Å²) >= 11 is 0. The lowest BCUT2D eigenvalue weighted by atomic mass is 10.2. The van der Waals surface area contributed by atoms with E-state index >= 15 is 0 Å². The highest BCUT2D eigenvalue weighted by molar-refractivity contribution is 5.71. The van der Waals surface area contributed by atoms with Crippen LogP contribution in [0, 0.1) is 0 Å². The molecule has 20 heavy (non-hydrogen) atoms. The van der Waals surface area contributed by atoms with Crippen LogP contribution in [0.1, 0.15) is 27.7 Å². The van der Waals surface area contributed by atoms with Crippen molar-refractivity contribution < 1.29 is 9.47 Å². The van der Waals surface area contributed by atoms with Crippen molar-refractivity contribution in [2.45, 2.75) is 40.2 Å². The maximum absolute atomic E-state index is 5.68. The van der Waals surface area contributed by atoms with Gasteiger partial charge in [-0.05, 0) is 39.8 Å². The van der Waals surface area contributed by atoms with Gasteiger partial charge in [0, 0.05) is 27.3 Å². The average Bonchev–Trinajstić information content (AvgIpc) is 2.46. The fourth-order valence-corrected chi connectivity index (χ4v) is 2.16. The number of ether oxygens (including phenoxy) is 2. The first kappa shape index (κ1) is 16.8. The monoisotopic (exact) mass is 280 g/mol. The highest BCUT2D eigenvalue weighted by Crippen LogP contribution is 2.30. The Kier molecular flexibility index (Phi) is 6.82. The Bertz CT molecular complexity index is 361. The van der Waals surface area contributed by atoms with Gasteiger partial charge in [-0.15, -0.1) is 0 Å². The summed E-state index contributed by atoms with van der Waals surface area (Å²) < 4.78 is 11.4. The quantitative estimate of drug-likeness (QED) is 0.682. The topological polar surface area (TPSA) is 24.9 Å². The first-order valence-electron chi connectivity index (χ1n) is 7.30. The molecule has 4 nitrogen and oxygen atoms in total. The molecule has 0 amide bonds. The van der Waals surface area contributed by atoms with E-state index in [-0.39, 0.29) is 12.5 Å². The molecular formula is C16H28N2O2. The van der Waals surface area contributed by atoms with Gasteiger partial charge in [0.2, 0.25) is 0 Å². The molecule has 0 heterocycles. The molecule has 0 aliphatic carbocycles. The molecule has 0 fully saturated rings. The molecule has 1 aromatic carbocycles. The number of para-hydroxylation sites is 2. The van der Waals surface area contributed by atoms with Crippen molar-refractivity contribution in [3.05, 3.63) is 24.3 Å².